The first-order valence-corrected chi connectivity index (χ1v) is 6.48. The van der Waals surface area contributed by atoms with E-state index in [2.05, 4.69) is 10.3 Å². The number of halogens is 1. The first-order valence-electron chi connectivity index (χ1n) is 5.66. The Morgan fingerprint density at radius 3 is 2.60 bits per heavy atom. The van der Waals surface area contributed by atoms with E-state index >= 15 is 0 Å². The molecule has 0 amide bonds. The van der Waals surface area contributed by atoms with Crippen LogP contribution >= 0.6 is 11.3 Å². The zero-order valence-electron chi connectivity index (χ0n) is 10.7. The van der Waals surface area contributed by atoms with Crippen LogP contribution in [0.1, 0.15) is 32.6 Å². The zero-order valence-corrected chi connectivity index (χ0v) is 11.5. The molecule has 104 valence electrons. The molecule has 5 nitrogen and oxygen atoms in total. The summed E-state index contributed by atoms with van der Waals surface area (Å²) in [6.45, 7) is 2.90. The molecule has 0 aliphatic rings. The Morgan fingerprint density at radius 1 is 1.40 bits per heavy atom. The summed E-state index contributed by atoms with van der Waals surface area (Å²) in [6.07, 6.45) is 0. The lowest BCUT2D eigenvalue weighted by atomic mass is 10.2. The van der Waals surface area contributed by atoms with Crippen molar-refractivity contribution in [2.24, 2.45) is 0 Å². The molecule has 0 bridgehead atoms. The molecule has 2 N–H and O–H groups in total. The highest BCUT2D eigenvalue weighted by molar-refractivity contribution is 7.17. The Morgan fingerprint density at radius 2 is 2.10 bits per heavy atom. The zero-order chi connectivity index (χ0) is 14.9. The molecule has 0 aliphatic carbocycles. The predicted molar refractivity (Wildman–Crippen MR) is 73.5 cm³/mol. The molecular formula is C13H11FN2O3S. The van der Waals surface area contributed by atoms with Gasteiger partial charge in [-0.2, -0.15) is 0 Å². The SMILES string of the molecule is CC(=O)c1sc(Nc2ccc(F)c(C)c2)nc1C(=O)O. The molecule has 0 radical (unpaired) electrons. The number of hydrogen-bond acceptors (Lipinski definition) is 5. The molecule has 2 rings (SSSR count). The van der Waals surface area contributed by atoms with Gasteiger partial charge in [0.1, 0.15) is 10.7 Å². The fourth-order valence-corrected chi connectivity index (χ4v) is 2.48. The minimum Gasteiger partial charge on any atom is -0.476 e. The van der Waals surface area contributed by atoms with Crippen molar-refractivity contribution in [2.45, 2.75) is 13.8 Å². The molecule has 0 unspecified atom stereocenters. The number of carboxylic acids is 1. The number of nitrogens with zero attached hydrogens (tertiary/aromatic N) is 1. The van der Waals surface area contributed by atoms with Crippen molar-refractivity contribution in [2.75, 3.05) is 5.32 Å². The summed E-state index contributed by atoms with van der Waals surface area (Å²) in [5.41, 5.74) is 0.755. The molecule has 0 saturated heterocycles. The number of aryl methyl sites for hydroxylation is 1. The van der Waals surface area contributed by atoms with Crippen molar-refractivity contribution >= 4 is 33.9 Å². The number of anilines is 2. The average molecular weight is 294 g/mol. The topological polar surface area (TPSA) is 79.3 Å². The number of ketones is 1. The summed E-state index contributed by atoms with van der Waals surface area (Å²) in [5, 5.41) is 12.1. The lowest BCUT2D eigenvalue weighted by Gasteiger charge is -2.03. The van der Waals surface area contributed by atoms with Gasteiger partial charge in [0, 0.05) is 12.6 Å². The van der Waals surface area contributed by atoms with Gasteiger partial charge in [-0.1, -0.05) is 11.3 Å². The second kappa shape index (κ2) is 5.38. The lowest BCUT2D eigenvalue weighted by molar-refractivity contribution is 0.0687. The standard InChI is InChI=1S/C13H11FN2O3S/c1-6-5-8(3-4-9(6)14)15-13-16-10(12(18)19)11(20-13)7(2)17/h3-5H,1-2H3,(H,15,16)(H,18,19). The highest BCUT2D eigenvalue weighted by Gasteiger charge is 2.20. The Balaban J connectivity index is 2.34. The smallest absolute Gasteiger partial charge is 0.356 e. The van der Waals surface area contributed by atoms with Gasteiger partial charge in [0.2, 0.25) is 0 Å². The van der Waals surface area contributed by atoms with Crippen LogP contribution in [-0.4, -0.2) is 21.8 Å². The third kappa shape index (κ3) is 2.83. The van der Waals surface area contributed by atoms with Crippen LogP contribution in [0, 0.1) is 12.7 Å². The van der Waals surface area contributed by atoms with Crippen LogP contribution in [0.5, 0.6) is 0 Å². The van der Waals surface area contributed by atoms with Crippen LogP contribution in [0.15, 0.2) is 18.2 Å². The van der Waals surface area contributed by atoms with E-state index in [1.807, 2.05) is 0 Å². The van der Waals surface area contributed by atoms with Crippen LogP contribution in [0.2, 0.25) is 0 Å². The van der Waals surface area contributed by atoms with Crippen molar-refractivity contribution in [3.63, 3.8) is 0 Å². The minimum atomic E-state index is -1.25. The van der Waals surface area contributed by atoms with Gasteiger partial charge in [-0.3, -0.25) is 4.79 Å². The monoisotopic (exact) mass is 294 g/mol. The Bertz CT molecular complexity index is 665. The molecule has 1 aromatic carbocycles. The van der Waals surface area contributed by atoms with Gasteiger partial charge in [-0.25, -0.2) is 14.2 Å². The minimum absolute atomic E-state index is 0.0823. The number of carboxylic acid groups (broad SMARTS) is 1. The highest BCUT2D eigenvalue weighted by Crippen LogP contribution is 2.27. The molecular weight excluding hydrogens is 283 g/mol. The Kier molecular flexibility index (Phi) is 3.80. The van der Waals surface area contributed by atoms with Crippen molar-refractivity contribution in [3.05, 3.63) is 40.2 Å². The van der Waals surface area contributed by atoms with Gasteiger partial charge in [0.05, 0.1) is 0 Å². The molecule has 0 atom stereocenters. The van der Waals surface area contributed by atoms with Gasteiger partial charge in [-0.05, 0) is 30.7 Å². The number of carbonyl (C=O) groups is 2. The molecule has 1 aromatic heterocycles. The van der Waals surface area contributed by atoms with Crippen LogP contribution in [0.4, 0.5) is 15.2 Å². The van der Waals surface area contributed by atoms with E-state index in [1.165, 1.54) is 19.1 Å². The second-order valence-corrected chi connectivity index (χ2v) is 5.15. The molecule has 7 heteroatoms. The van der Waals surface area contributed by atoms with Gasteiger partial charge in [-0.15, -0.1) is 0 Å². The highest BCUT2D eigenvalue weighted by atomic mass is 32.1. The fraction of sp³-hybridized carbons (Fsp3) is 0.154. The van der Waals surface area contributed by atoms with Gasteiger partial charge in [0.15, 0.2) is 16.6 Å². The number of hydrogen-bond donors (Lipinski definition) is 2. The number of aromatic nitrogens is 1. The first kappa shape index (κ1) is 14.1. The summed E-state index contributed by atoms with van der Waals surface area (Å²) >= 11 is 0.954. The Labute approximate surface area is 118 Å². The van der Waals surface area contributed by atoms with E-state index in [-0.39, 0.29) is 27.3 Å². The molecule has 0 fully saturated rings. The maximum atomic E-state index is 13.2. The maximum absolute atomic E-state index is 13.2. The molecule has 0 saturated carbocycles. The molecule has 20 heavy (non-hydrogen) atoms. The molecule has 0 aliphatic heterocycles. The quantitative estimate of drug-likeness (QED) is 0.846. The van der Waals surface area contributed by atoms with Crippen molar-refractivity contribution in [3.8, 4) is 0 Å². The van der Waals surface area contributed by atoms with Crippen molar-refractivity contribution < 1.29 is 19.1 Å². The maximum Gasteiger partial charge on any atom is 0.356 e. The number of aromatic carboxylic acids is 1. The average Bonchev–Trinajstić information content (AvgIpc) is 2.78. The Hall–Kier alpha value is -2.28. The first-order chi connectivity index (χ1) is 9.38. The second-order valence-electron chi connectivity index (χ2n) is 4.15. The van der Waals surface area contributed by atoms with E-state index in [9.17, 15) is 14.0 Å². The number of nitrogens with one attached hydrogen (secondary N) is 1. The summed E-state index contributed by atoms with van der Waals surface area (Å²) in [7, 11) is 0. The normalized spacial score (nSPS) is 10.3. The third-order valence-corrected chi connectivity index (χ3v) is 3.63. The molecule has 0 spiro atoms. The number of Topliss-reactive ketones (excluding diaryl/α,β-unsaturated/α-hetero) is 1. The van der Waals surface area contributed by atoms with Crippen molar-refractivity contribution in [1.82, 2.24) is 4.98 Å². The van der Waals surface area contributed by atoms with Gasteiger partial charge < -0.3 is 10.4 Å². The summed E-state index contributed by atoms with van der Waals surface area (Å²) in [4.78, 5) is 26.3. The summed E-state index contributed by atoms with van der Waals surface area (Å²) in [6, 6.07) is 4.39. The number of benzene rings is 1. The van der Waals surface area contributed by atoms with Crippen LogP contribution in [-0.2, 0) is 0 Å². The van der Waals surface area contributed by atoms with Gasteiger partial charge in [0.25, 0.3) is 0 Å². The number of thiazole rings is 1. The summed E-state index contributed by atoms with van der Waals surface area (Å²) in [5.74, 6) is -1.94. The van der Waals surface area contributed by atoms with E-state index in [1.54, 1.807) is 13.0 Å². The lowest BCUT2D eigenvalue weighted by Crippen LogP contribution is -2.03. The molecule has 1 heterocycles. The van der Waals surface area contributed by atoms with E-state index in [0.717, 1.165) is 11.3 Å². The van der Waals surface area contributed by atoms with Crippen molar-refractivity contribution in [1.29, 1.82) is 0 Å². The van der Waals surface area contributed by atoms with E-state index < -0.39 is 5.97 Å². The van der Waals surface area contributed by atoms with Crippen LogP contribution < -0.4 is 5.32 Å². The van der Waals surface area contributed by atoms with Crippen LogP contribution in [0.25, 0.3) is 0 Å². The molecule has 2 aromatic rings. The number of rotatable bonds is 4. The van der Waals surface area contributed by atoms with Gasteiger partial charge >= 0.3 is 5.97 Å². The largest absolute Gasteiger partial charge is 0.476 e. The van der Waals surface area contributed by atoms with E-state index in [0.29, 0.717) is 11.3 Å². The number of carbonyl (C=O) groups excluding carboxylic acids is 1. The van der Waals surface area contributed by atoms with E-state index in [4.69, 9.17) is 5.11 Å². The third-order valence-electron chi connectivity index (χ3n) is 2.56. The summed E-state index contributed by atoms with van der Waals surface area (Å²) < 4.78 is 13.2. The fourth-order valence-electron chi connectivity index (χ4n) is 1.60. The predicted octanol–water partition coefficient (Wildman–Crippen LogP) is 3.24. The van der Waals surface area contributed by atoms with Crippen LogP contribution in [0.3, 0.4) is 0 Å².